The van der Waals surface area contributed by atoms with E-state index in [4.69, 9.17) is 5.11 Å². The van der Waals surface area contributed by atoms with Crippen molar-refractivity contribution in [2.45, 2.75) is 26.3 Å². The molecule has 1 aromatic heterocycles. The highest BCUT2D eigenvalue weighted by Crippen LogP contribution is 2.24. The highest BCUT2D eigenvalue weighted by Gasteiger charge is 2.18. The number of benzene rings is 1. The topological polar surface area (TPSA) is 80.9 Å². The minimum Gasteiger partial charge on any atom is -0.481 e. The van der Waals surface area contributed by atoms with Gasteiger partial charge in [0.2, 0.25) is 0 Å². The van der Waals surface area contributed by atoms with Crippen LogP contribution in [0.15, 0.2) is 18.2 Å². The normalized spacial score (nSPS) is 12.3. The molecule has 8 heteroatoms. The van der Waals surface area contributed by atoms with Crippen molar-refractivity contribution in [1.82, 2.24) is 20.2 Å². The zero-order valence-corrected chi connectivity index (χ0v) is 13.5. The number of rotatable bonds is 6. The summed E-state index contributed by atoms with van der Waals surface area (Å²) in [4.78, 5) is 10.8. The van der Waals surface area contributed by atoms with Crippen molar-refractivity contribution in [1.29, 1.82) is 0 Å². The third-order valence-corrected chi connectivity index (χ3v) is 4.07. The van der Waals surface area contributed by atoms with Gasteiger partial charge in [-0.1, -0.05) is 13.3 Å². The van der Waals surface area contributed by atoms with Gasteiger partial charge in [-0.2, -0.15) is 0 Å². The molecule has 2 rings (SSSR count). The van der Waals surface area contributed by atoms with Gasteiger partial charge >= 0.3 is 5.97 Å². The highest BCUT2D eigenvalue weighted by molar-refractivity contribution is 14.1. The second-order valence-electron chi connectivity index (χ2n) is 4.68. The average Bonchev–Trinajstić information content (AvgIpc) is 2.85. The van der Waals surface area contributed by atoms with Crippen LogP contribution in [0.25, 0.3) is 11.4 Å². The van der Waals surface area contributed by atoms with Crippen LogP contribution in [-0.2, 0) is 11.3 Å². The van der Waals surface area contributed by atoms with Gasteiger partial charge in [-0.15, -0.1) is 5.10 Å². The monoisotopic (exact) mass is 404 g/mol. The van der Waals surface area contributed by atoms with Crippen LogP contribution >= 0.6 is 22.6 Å². The van der Waals surface area contributed by atoms with Crippen molar-refractivity contribution < 1.29 is 14.3 Å². The zero-order chi connectivity index (χ0) is 15.4. The smallest absolute Gasteiger partial charge is 0.303 e. The van der Waals surface area contributed by atoms with E-state index in [0.29, 0.717) is 22.4 Å². The lowest BCUT2D eigenvalue weighted by Gasteiger charge is -2.13. The number of hydrogen-bond donors (Lipinski definition) is 1. The molecule has 0 bridgehead atoms. The van der Waals surface area contributed by atoms with Crippen LogP contribution < -0.4 is 0 Å². The Kier molecular flexibility index (Phi) is 5.21. The van der Waals surface area contributed by atoms with Gasteiger partial charge in [0.15, 0.2) is 5.82 Å². The summed E-state index contributed by atoms with van der Waals surface area (Å²) in [5.74, 6) is -0.696. The van der Waals surface area contributed by atoms with E-state index in [2.05, 4.69) is 15.5 Å². The Labute approximate surface area is 134 Å². The minimum atomic E-state index is -0.840. The number of nitrogens with zero attached hydrogens (tertiary/aromatic N) is 4. The molecule has 1 heterocycles. The van der Waals surface area contributed by atoms with E-state index in [1.807, 2.05) is 29.5 Å². The van der Waals surface area contributed by atoms with Gasteiger partial charge in [0.1, 0.15) is 5.82 Å². The molecule has 0 radical (unpaired) electrons. The first-order chi connectivity index (χ1) is 10.0. The maximum atomic E-state index is 13.2. The fourth-order valence-electron chi connectivity index (χ4n) is 2.02. The molecule has 112 valence electrons. The Morgan fingerprint density at radius 2 is 2.29 bits per heavy atom. The molecule has 21 heavy (non-hydrogen) atoms. The van der Waals surface area contributed by atoms with Crippen molar-refractivity contribution in [3.8, 4) is 11.4 Å². The first-order valence-electron chi connectivity index (χ1n) is 6.44. The predicted octanol–water partition coefficient (Wildman–Crippen LogP) is 2.58. The molecule has 0 aliphatic carbocycles. The van der Waals surface area contributed by atoms with Crippen molar-refractivity contribution in [3.05, 3.63) is 27.6 Å². The maximum absolute atomic E-state index is 13.2. The van der Waals surface area contributed by atoms with E-state index in [0.717, 1.165) is 5.56 Å². The third kappa shape index (κ3) is 3.96. The van der Waals surface area contributed by atoms with Crippen LogP contribution in [0.1, 0.15) is 19.8 Å². The fraction of sp³-hybridized carbons (Fsp3) is 0.385. The van der Waals surface area contributed by atoms with E-state index in [1.54, 1.807) is 10.7 Å². The molecule has 2 aromatic rings. The van der Waals surface area contributed by atoms with Crippen LogP contribution in [0.2, 0.25) is 0 Å². The molecule has 0 aliphatic rings. The Morgan fingerprint density at radius 3 is 2.90 bits per heavy atom. The SMILES string of the molecule is CCC(CC(=O)O)Cn1nnnc1-c1ccc(F)cc1I. The number of hydrogen-bond acceptors (Lipinski definition) is 4. The Balaban J connectivity index is 2.27. The molecule has 0 saturated carbocycles. The summed E-state index contributed by atoms with van der Waals surface area (Å²) in [5.41, 5.74) is 0.729. The molecule has 1 N–H and O–H groups in total. The molecular formula is C13H14FIN4O2. The number of carboxylic acid groups (broad SMARTS) is 1. The van der Waals surface area contributed by atoms with Crippen LogP contribution in [0.4, 0.5) is 4.39 Å². The number of halogens is 2. The van der Waals surface area contributed by atoms with E-state index < -0.39 is 5.97 Å². The summed E-state index contributed by atoms with van der Waals surface area (Å²) in [7, 11) is 0. The first-order valence-corrected chi connectivity index (χ1v) is 7.52. The van der Waals surface area contributed by atoms with Gasteiger partial charge < -0.3 is 5.11 Å². The number of tetrazole rings is 1. The molecule has 0 fully saturated rings. The predicted molar refractivity (Wildman–Crippen MR) is 82.0 cm³/mol. The molecule has 0 aliphatic heterocycles. The van der Waals surface area contributed by atoms with E-state index in [-0.39, 0.29) is 18.2 Å². The lowest BCUT2D eigenvalue weighted by Crippen LogP contribution is -2.16. The van der Waals surface area contributed by atoms with Gasteiger partial charge in [0.25, 0.3) is 0 Å². The van der Waals surface area contributed by atoms with Crippen molar-refractivity contribution in [2.75, 3.05) is 0 Å². The van der Waals surface area contributed by atoms with Gasteiger partial charge in [-0.3, -0.25) is 4.79 Å². The van der Waals surface area contributed by atoms with Crippen LogP contribution in [0.3, 0.4) is 0 Å². The molecule has 1 unspecified atom stereocenters. The number of carbonyl (C=O) groups is 1. The Bertz CT molecular complexity index is 647. The Hall–Kier alpha value is -1.58. The summed E-state index contributed by atoms with van der Waals surface area (Å²) in [6, 6.07) is 4.38. The van der Waals surface area contributed by atoms with Crippen LogP contribution in [0.5, 0.6) is 0 Å². The maximum Gasteiger partial charge on any atom is 0.303 e. The fourth-order valence-corrected chi connectivity index (χ4v) is 2.74. The molecule has 0 amide bonds. The molecular weight excluding hydrogens is 390 g/mol. The quantitative estimate of drug-likeness (QED) is 0.749. The lowest BCUT2D eigenvalue weighted by molar-refractivity contribution is -0.138. The van der Waals surface area contributed by atoms with Gasteiger partial charge in [0.05, 0.1) is 0 Å². The second-order valence-corrected chi connectivity index (χ2v) is 5.84. The number of aliphatic carboxylic acids is 1. The molecule has 1 atom stereocenters. The van der Waals surface area contributed by atoms with Crippen LogP contribution in [-0.4, -0.2) is 31.3 Å². The third-order valence-electron chi connectivity index (χ3n) is 3.18. The molecule has 0 saturated heterocycles. The second kappa shape index (κ2) is 6.92. The first kappa shape index (κ1) is 15.8. The lowest BCUT2D eigenvalue weighted by atomic mass is 10.0. The summed E-state index contributed by atoms with van der Waals surface area (Å²) in [6.07, 6.45) is 0.780. The summed E-state index contributed by atoms with van der Waals surface area (Å²) in [5, 5.41) is 20.4. The molecule has 6 nitrogen and oxygen atoms in total. The summed E-state index contributed by atoms with van der Waals surface area (Å²) >= 11 is 2.02. The standard InChI is InChI=1S/C13H14FIN4O2/c1-2-8(5-12(20)21)7-19-13(16-17-18-19)10-4-3-9(14)6-11(10)15/h3-4,6,8H,2,5,7H2,1H3,(H,20,21). The van der Waals surface area contributed by atoms with Crippen molar-refractivity contribution >= 4 is 28.6 Å². The average molecular weight is 404 g/mol. The summed E-state index contributed by atoms with van der Waals surface area (Å²) in [6.45, 7) is 2.35. The molecule has 1 aromatic carbocycles. The zero-order valence-electron chi connectivity index (χ0n) is 11.3. The summed E-state index contributed by atoms with van der Waals surface area (Å²) < 4.78 is 15.4. The van der Waals surface area contributed by atoms with E-state index in [1.165, 1.54) is 12.1 Å². The van der Waals surface area contributed by atoms with Gasteiger partial charge in [0, 0.05) is 22.1 Å². The minimum absolute atomic E-state index is 0.0529. The number of aromatic nitrogens is 4. The van der Waals surface area contributed by atoms with E-state index in [9.17, 15) is 9.18 Å². The van der Waals surface area contributed by atoms with Gasteiger partial charge in [-0.05, 0) is 57.1 Å². The van der Waals surface area contributed by atoms with Crippen LogP contribution in [0, 0.1) is 15.3 Å². The molecule has 0 spiro atoms. The van der Waals surface area contributed by atoms with Gasteiger partial charge in [-0.25, -0.2) is 9.07 Å². The Morgan fingerprint density at radius 1 is 1.52 bits per heavy atom. The van der Waals surface area contributed by atoms with E-state index >= 15 is 0 Å². The van der Waals surface area contributed by atoms with Crippen molar-refractivity contribution in [2.24, 2.45) is 5.92 Å². The van der Waals surface area contributed by atoms with Crippen molar-refractivity contribution in [3.63, 3.8) is 0 Å². The largest absolute Gasteiger partial charge is 0.481 e. The number of carboxylic acids is 1. The highest BCUT2D eigenvalue weighted by atomic mass is 127.